The van der Waals surface area contributed by atoms with Gasteiger partial charge in [0.1, 0.15) is 10.7 Å². The second kappa shape index (κ2) is 6.91. The number of carbonyl (C=O) groups excluding carboxylic acids is 1. The number of piperazine rings is 1. The van der Waals surface area contributed by atoms with Crippen LogP contribution in [0, 0.1) is 0 Å². The maximum atomic E-state index is 12.8. The number of alkyl halides is 3. The van der Waals surface area contributed by atoms with Crippen LogP contribution in [0.15, 0.2) is 29.6 Å². The Bertz CT molecular complexity index is 829. The van der Waals surface area contributed by atoms with Gasteiger partial charge < -0.3 is 4.90 Å². The minimum atomic E-state index is -4.36. The standard InChI is InChI=1S/C19H20F3N3OS/c1-12-10-24(15-6-7-15)8-9-25(12)18(26)16-11-27-17(23-16)13-2-4-14(5-3-13)19(20,21)22/h2-5,11-12,15H,6-10H2,1H3. The van der Waals surface area contributed by atoms with Gasteiger partial charge in [-0.3, -0.25) is 9.69 Å². The van der Waals surface area contributed by atoms with Crippen molar-refractivity contribution in [3.63, 3.8) is 0 Å². The van der Waals surface area contributed by atoms with E-state index in [4.69, 9.17) is 0 Å². The highest BCUT2D eigenvalue weighted by Gasteiger charge is 2.36. The molecule has 4 nitrogen and oxygen atoms in total. The van der Waals surface area contributed by atoms with Crippen LogP contribution in [0.3, 0.4) is 0 Å². The highest BCUT2D eigenvalue weighted by Crippen LogP contribution is 2.32. The Labute approximate surface area is 159 Å². The van der Waals surface area contributed by atoms with Crippen LogP contribution < -0.4 is 0 Å². The van der Waals surface area contributed by atoms with Crippen LogP contribution in [0.1, 0.15) is 35.8 Å². The predicted molar refractivity (Wildman–Crippen MR) is 97.6 cm³/mol. The topological polar surface area (TPSA) is 36.4 Å². The van der Waals surface area contributed by atoms with Gasteiger partial charge in [-0.1, -0.05) is 12.1 Å². The lowest BCUT2D eigenvalue weighted by atomic mass is 10.1. The molecule has 2 heterocycles. The molecule has 2 aromatic rings. The first-order valence-electron chi connectivity index (χ1n) is 9.01. The van der Waals surface area contributed by atoms with E-state index in [-0.39, 0.29) is 11.9 Å². The number of thiazole rings is 1. The van der Waals surface area contributed by atoms with Crippen molar-refractivity contribution < 1.29 is 18.0 Å². The van der Waals surface area contributed by atoms with E-state index in [0.29, 0.717) is 28.9 Å². The number of benzene rings is 1. The summed E-state index contributed by atoms with van der Waals surface area (Å²) in [7, 11) is 0. The molecule has 4 rings (SSSR count). The number of aromatic nitrogens is 1. The molecule has 1 saturated heterocycles. The van der Waals surface area contributed by atoms with Gasteiger partial charge >= 0.3 is 6.18 Å². The van der Waals surface area contributed by atoms with Gasteiger partial charge in [-0.25, -0.2) is 4.98 Å². The molecule has 1 amide bonds. The Morgan fingerprint density at radius 2 is 1.89 bits per heavy atom. The van der Waals surface area contributed by atoms with Gasteiger partial charge in [0.15, 0.2) is 0 Å². The lowest BCUT2D eigenvalue weighted by Gasteiger charge is -2.39. The largest absolute Gasteiger partial charge is 0.416 e. The normalized spacial score (nSPS) is 21.5. The molecule has 0 spiro atoms. The third-order valence-corrected chi connectivity index (χ3v) is 6.06. The molecule has 1 atom stereocenters. The van der Waals surface area contributed by atoms with E-state index >= 15 is 0 Å². The number of hydrogen-bond donors (Lipinski definition) is 0. The van der Waals surface area contributed by atoms with Crippen molar-refractivity contribution in [2.24, 2.45) is 0 Å². The molecule has 1 aliphatic carbocycles. The molecule has 1 aliphatic heterocycles. The highest BCUT2D eigenvalue weighted by molar-refractivity contribution is 7.13. The first-order chi connectivity index (χ1) is 12.8. The molecule has 8 heteroatoms. The van der Waals surface area contributed by atoms with E-state index in [1.54, 1.807) is 5.38 Å². The number of amides is 1. The zero-order valence-electron chi connectivity index (χ0n) is 14.9. The maximum absolute atomic E-state index is 12.8. The van der Waals surface area contributed by atoms with Gasteiger partial charge in [0.05, 0.1) is 5.56 Å². The molecule has 27 heavy (non-hydrogen) atoms. The fourth-order valence-electron chi connectivity index (χ4n) is 3.51. The van der Waals surface area contributed by atoms with Crippen LogP contribution in [0.2, 0.25) is 0 Å². The van der Waals surface area contributed by atoms with E-state index in [1.165, 1.54) is 36.3 Å². The minimum absolute atomic E-state index is 0.104. The molecule has 0 radical (unpaired) electrons. The molecule has 1 aromatic carbocycles. The van der Waals surface area contributed by atoms with Gasteiger partial charge in [0.2, 0.25) is 0 Å². The van der Waals surface area contributed by atoms with Gasteiger partial charge in [0, 0.05) is 42.7 Å². The number of rotatable bonds is 3. The van der Waals surface area contributed by atoms with E-state index in [9.17, 15) is 18.0 Å². The molecule has 0 N–H and O–H groups in total. The number of nitrogens with zero attached hydrogens (tertiary/aromatic N) is 3. The maximum Gasteiger partial charge on any atom is 0.416 e. The Morgan fingerprint density at radius 1 is 1.19 bits per heavy atom. The summed E-state index contributed by atoms with van der Waals surface area (Å²) in [5.74, 6) is -0.104. The van der Waals surface area contributed by atoms with Crippen LogP contribution >= 0.6 is 11.3 Å². The second-order valence-electron chi connectivity index (χ2n) is 7.19. The van der Waals surface area contributed by atoms with Gasteiger partial charge in [-0.05, 0) is 31.9 Å². The zero-order valence-corrected chi connectivity index (χ0v) is 15.7. The smallest absolute Gasteiger partial charge is 0.332 e. The van der Waals surface area contributed by atoms with Crippen LogP contribution in [0.25, 0.3) is 10.6 Å². The van der Waals surface area contributed by atoms with Crippen molar-refractivity contribution in [3.8, 4) is 10.6 Å². The average molecular weight is 395 g/mol. The van der Waals surface area contributed by atoms with Crippen molar-refractivity contribution in [2.45, 2.75) is 38.0 Å². The van der Waals surface area contributed by atoms with Crippen LogP contribution in [-0.4, -0.2) is 52.4 Å². The highest BCUT2D eigenvalue weighted by atomic mass is 32.1. The van der Waals surface area contributed by atoms with Gasteiger partial charge in [-0.2, -0.15) is 13.2 Å². The number of carbonyl (C=O) groups is 1. The summed E-state index contributed by atoms with van der Waals surface area (Å²) in [5, 5.41) is 2.24. The Morgan fingerprint density at radius 3 is 2.48 bits per heavy atom. The first kappa shape index (κ1) is 18.4. The van der Waals surface area contributed by atoms with Crippen LogP contribution in [0.5, 0.6) is 0 Å². The van der Waals surface area contributed by atoms with E-state index in [1.807, 2.05) is 4.90 Å². The molecule has 2 aliphatic rings. The fourth-order valence-corrected chi connectivity index (χ4v) is 4.31. The average Bonchev–Trinajstić information content (AvgIpc) is 3.37. The second-order valence-corrected chi connectivity index (χ2v) is 8.04. The molecule has 0 bridgehead atoms. The minimum Gasteiger partial charge on any atom is -0.332 e. The molecule has 1 unspecified atom stereocenters. The monoisotopic (exact) mass is 395 g/mol. The fraction of sp³-hybridized carbons (Fsp3) is 0.474. The van der Waals surface area contributed by atoms with Crippen molar-refractivity contribution in [1.82, 2.24) is 14.8 Å². The number of halogens is 3. The molecule has 2 fully saturated rings. The summed E-state index contributed by atoms with van der Waals surface area (Å²) < 4.78 is 38.1. The lowest BCUT2D eigenvalue weighted by Crippen LogP contribution is -2.54. The summed E-state index contributed by atoms with van der Waals surface area (Å²) in [6.07, 6.45) is -1.85. The summed E-state index contributed by atoms with van der Waals surface area (Å²) in [5.41, 5.74) is 0.252. The molecular weight excluding hydrogens is 375 g/mol. The predicted octanol–water partition coefficient (Wildman–Crippen LogP) is 4.14. The summed E-state index contributed by atoms with van der Waals surface area (Å²) in [4.78, 5) is 21.5. The zero-order chi connectivity index (χ0) is 19.2. The Hall–Kier alpha value is -1.93. The summed E-state index contributed by atoms with van der Waals surface area (Å²) >= 11 is 1.27. The molecule has 1 saturated carbocycles. The SMILES string of the molecule is CC1CN(C2CC2)CCN1C(=O)c1csc(-c2ccc(C(F)(F)F)cc2)n1. The van der Waals surface area contributed by atoms with Crippen molar-refractivity contribution in [1.29, 1.82) is 0 Å². The van der Waals surface area contributed by atoms with E-state index in [0.717, 1.165) is 25.2 Å². The first-order valence-corrected chi connectivity index (χ1v) is 9.89. The quantitative estimate of drug-likeness (QED) is 0.784. The third-order valence-electron chi connectivity index (χ3n) is 5.17. The van der Waals surface area contributed by atoms with E-state index < -0.39 is 11.7 Å². The van der Waals surface area contributed by atoms with Gasteiger partial charge in [0.25, 0.3) is 5.91 Å². The molecular formula is C19H20F3N3OS. The van der Waals surface area contributed by atoms with Crippen molar-refractivity contribution >= 4 is 17.2 Å². The van der Waals surface area contributed by atoms with Crippen LogP contribution in [-0.2, 0) is 6.18 Å². The van der Waals surface area contributed by atoms with Crippen molar-refractivity contribution in [2.75, 3.05) is 19.6 Å². The summed E-state index contributed by atoms with van der Waals surface area (Å²) in [6.45, 7) is 4.50. The lowest BCUT2D eigenvalue weighted by molar-refractivity contribution is -0.137. The molecule has 1 aromatic heterocycles. The van der Waals surface area contributed by atoms with Gasteiger partial charge in [-0.15, -0.1) is 11.3 Å². The molecule has 144 valence electrons. The van der Waals surface area contributed by atoms with Crippen molar-refractivity contribution in [3.05, 3.63) is 40.9 Å². The third kappa shape index (κ3) is 3.87. The summed E-state index contributed by atoms with van der Waals surface area (Å²) in [6, 6.07) is 5.69. The number of hydrogen-bond acceptors (Lipinski definition) is 4. The Kier molecular flexibility index (Phi) is 4.71. The van der Waals surface area contributed by atoms with E-state index in [2.05, 4.69) is 16.8 Å². The Balaban J connectivity index is 1.46. The van der Waals surface area contributed by atoms with Crippen LogP contribution in [0.4, 0.5) is 13.2 Å².